The summed E-state index contributed by atoms with van der Waals surface area (Å²) in [6.45, 7) is 1.95. The average molecular weight is 419 g/mol. The minimum absolute atomic E-state index is 0.177. The van der Waals surface area contributed by atoms with E-state index in [4.69, 9.17) is 14.7 Å². The molecule has 3 aromatic rings. The lowest BCUT2D eigenvalue weighted by atomic mass is 9.82. The van der Waals surface area contributed by atoms with Crippen molar-refractivity contribution in [3.63, 3.8) is 0 Å². The van der Waals surface area contributed by atoms with Crippen LogP contribution in [0.25, 0.3) is 10.9 Å². The number of hydrogen-bond donors (Lipinski definition) is 2. The summed E-state index contributed by atoms with van der Waals surface area (Å²) < 4.78 is 6.32. The van der Waals surface area contributed by atoms with Crippen molar-refractivity contribution in [2.24, 2.45) is 0 Å². The van der Waals surface area contributed by atoms with Gasteiger partial charge in [0.2, 0.25) is 5.88 Å². The van der Waals surface area contributed by atoms with E-state index in [1.807, 2.05) is 30.6 Å². The van der Waals surface area contributed by atoms with Gasteiger partial charge in [-0.15, -0.1) is 0 Å². The van der Waals surface area contributed by atoms with Crippen molar-refractivity contribution in [2.75, 3.05) is 13.1 Å². The second kappa shape index (κ2) is 9.28. The largest absolute Gasteiger partial charge is 0.474 e. The molecule has 0 spiro atoms. The van der Waals surface area contributed by atoms with Crippen LogP contribution < -0.4 is 10.1 Å². The molecule has 2 N–H and O–H groups in total. The second-order valence-electron chi connectivity index (χ2n) is 8.80. The van der Waals surface area contributed by atoms with Crippen LogP contribution in [0.15, 0.2) is 42.7 Å². The number of ether oxygens (including phenoxy) is 1. The summed E-state index contributed by atoms with van der Waals surface area (Å²) in [6.07, 6.45) is 10.1. The lowest BCUT2D eigenvalue weighted by molar-refractivity contribution is 0.122. The van der Waals surface area contributed by atoms with E-state index in [0.29, 0.717) is 18.2 Å². The zero-order valence-corrected chi connectivity index (χ0v) is 17.8. The summed E-state index contributed by atoms with van der Waals surface area (Å²) in [5.74, 6) is 1.83. The first-order valence-corrected chi connectivity index (χ1v) is 11.5. The highest BCUT2D eigenvalue weighted by Gasteiger charge is 2.25. The summed E-state index contributed by atoms with van der Waals surface area (Å²) in [5.41, 5.74) is 3.32. The van der Waals surface area contributed by atoms with Crippen LogP contribution >= 0.6 is 0 Å². The predicted octanol–water partition coefficient (Wildman–Crippen LogP) is 3.76. The molecule has 0 radical (unpaired) electrons. The third-order valence-corrected chi connectivity index (χ3v) is 6.57. The molecule has 3 heterocycles. The topological polar surface area (TPSA) is 80.2 Å². The highest BCUT2D eigenvalue weighted by molar-refractivity contribution is 5.85. The Bertz CT molecular complexity index is 1010. The first kappa shape index (κ1) is 20.3. The molecule has 1 saturated heterocycles. The molecule has 1 aromatic carbocycles. The zero-order valence-electron chi connectivity index (χ0n) is 17.8. The molecule has 2 aliphatic rings. The minimum Gasteiger partial charge on any atom is -0.474 e. The molecule has 162 valence electrons. The maximum absolute atomic E-state index is 9.96. The molecule has 31 heavy (non-hydrogen) atoms. The maximum atomic E-state index is 9.96. The molecule has 6 nitrogen and oxygen atoms in total. The molecule has 2 fully saturated rings. The minimum atomic E-state index is -0.179. The van der Waals surface area contributed by atoms with E-state index in [9.17, 15) is 5.11 Å². The summed E-state index contributed by atoms with van der Waals surface area (Å²) in [7, 11) is 0. The third-order valence-electron chi connectivity index (χ3n) is 6.57. The van der Waals surface area contributed by atoms with Crippen LogP contribution in [0.5, 0.6) is 5.88 Å². The molecule has 0 bridgehead atoms. The Morgan fingerprint density at radius 1 is 0.935 bits per heavy atom. The van der Waals surface area contributed by atoms with Crippen molar-refractivity contribution in [2.45, 2.75) is 63.1 Å². The Morgan fingerprint density at radius 3 is 2.48 bits per heavy atom. The average Bonchev–Trinajstić information content (AvgIpc) is 2.81. The zero-order chi connectivity index (χ0) is 21.0. The van der Waals surface area contributed by atoms with Crippen LogP contribution in [0.1, 0.15) is 61.4 Å². The third kappa shape index (κ3) is 4.70. The molecule has 0 unspecified atom stereocenters. The number of aliphatic hydroxyl groups excluding tert-OH is 1. The van der Waals surface area contributed by atoms with Crippen molar-refractivity contribution in [3.05, 3.63) is 59.7 Å². The molecule has 1 aliphatic heterocycles. The molecule has 0 amide bonds. The van der Waals surface area contributed by atoms with E-state index in [1.54, 1.807) is 0 Å². The van der Waals surface area contributed by atoms with Crippen molar-refractivity contribution < 1.29 is 9.84 Å². The van der Waals surface area contributed by atoms with E-state index in [-0.39, 0.29) is 12.2 Å². The van der Waals surface area contributed by atoms with Gasteiger partial charge >= 0.3 is 0 Å². The molecule has 6 heteroatoms. The Labute approximate surface area is 183 Å². The van der Waals surface area contributed by atoms with Gasteiger partial charge in [0.1, 0.15) is 11.9 Å². The SMILES string of the molecule is OC1CCC(c2cnc(OC3CCNCC3)c3cnc(Cc4ccccc4)nc23)CC1. The number of pyridine rings is 1. The van der Waals surface area contributed by atoms with E-state index in [1.165, 1.54) is 5.56 Å². The van der Waals surface area contributed by atoms with Crippen LogP contribution in [0, 0.1) is 0 Å². The predicted molar refractivity (Wildman–Crippen MR) is 120 cm³/mol. The van der Waals surface area contributed by atoms with Gasteiger partial charge in [-0.05, 0) is 63.1 Å². The number of nitrogens with zero attached hydrogens (tertiary/aromatic N) is 3. The van der Waals surface area contributed by atoms with Gasteiger partial charge in [-0.1, -0.05) is 30.3 Å². The van der Waals surface area contributed by atoms with Gasteiger partial charge in [0.15, 0.2) is 0 Å². The summed E-state index contributed by atoms with van der Waals surface area (Å²) in [4.78, 5) is 14.4. The fourth-order valence-electron chi connectivity index (χ4n) is 4.77. The molecule has 5 rings (SSSR count). The van der Waals surface area contributed by atoms with Gasteiger partial charge in [0.05, 0.1) is 17.0 Å². The van der Waals surface area contributed by atoms with Gasteiger partial charge in [-0.25, -0.2) is 15.0 Å². The first-order valence-electron chi connectivity index (χ1n) is 11.5. The fourth-order valence-corrected chi connectivity index (χ4v) is 4.77. The van der Waals surface area contributed by atoms with Crippen LogP contribution in [0.3, 0.4) is 0 Å². The first-order chi connectivity index (χ1) is 15.3. The van der Waals surface area contributed by atoms with Crippen LogP contribution in [0.2, 0.25) is 0 Å². The van der Waals surface area contributed by atoms with Crippen LogP contribution in [0.4, 0.5) is 0 Å². The number of aliphatic hydroxyl groups is 1. The molecule has 0 atom stereocenters. The molecular weight excluding hydrogens is 388 g/mol. The number of rotatable bonds is 5. The Hall–Kier alpha value is -2.57. The Morgan fingerprint density at radius 2 is 1.71 bits per heavy atom. The number of piperidine rings is 1. The number of aromatic nitrogens is 3. The van der Waals surface area contributed by atoms with Crippen molar-refractivity contribution in [1.82, 2.24) is 20.3 Å². The monoisotopic (exact) mass is 418 g/mol. The smallest absolute Gasteiger partial charge is 0.224 e. The quantitative estimate of drug-likeness (QED) is 0.657. The van der Waals surface area contributed by atoms with Gasteiger partial charge in [0.25, 0.3) is 0 Å². The van der Waals surface area contributed by atoms with E-state index in [0.717, 1.165) is 73.9 Å². The summed E-state index contributed by atoms with van der Waals surface area (Å²) in [5, 5.41) is 14.2. The number of nitrogens with one attached hydrogen (secondary N) is 1. The van der Waals surface area contributed by atoms with Gasteiger partial charge in [-0.3, -0.25) is 0 Å². The van der Waals surface area contributed by atoms with Crippen LogP contribution in [-0.4, -0.2) is 45.4 Å². The molecule has 1 aliphatic carbocycles. The Kier molecular flexibility index (Phi) is 6.09. The van der Waals surface area contributed by atoms with Crippen molar-refractivity contribution in [3.8, 4) is 5.88 Å². The Balaban J connectivity index is 1.51. The van der Waals surface area contributed by atoms with Gasteiger partial charge < -0.3 is 15.2 Å². The van der Waals surface area contributed by atoms with E-state index < -0.39 is 0 Å². The van der Waals surface area contributed by atoms with E-state index >= 15 is 0 Å². The summed E-state index contributed by atoms with van der Waals surface area (Å²) in [6, 6.07) is 10.3. The fraction of sp³-hybridized carbons (Fsp3) is 0.480. The maximum Gasteiger partial charge on any atom is 0.224 e. The highest BCUT2D eigenvalue weighted by atomic mass is 16.5. The molecular formula is C25H30N4O2. The van der Waals surface area contributed by atoms with Crippen molar-refractivity contribution in [1.29, 1.82) is 0 Å². The van der Waals surface area contributed by atoms with Crippen molar-refractivity contribution >= 4 is 10.9 Å². The normalized spacial score (nSPS) is 22.5. The number of fused-ring (bicyclic) bond motifs is 1. The molecule has 1 saturated carbocycles. The van der Waals surface area contributed by atoms with Gasteiger partial charge in [-0.2, -0.15) is 0 Å². The standard InChI is InChI=1S/C25H30N4O2/c30-19-8-6-18(7-9-19)21-15-28-25(31-20-10-12-26-13-11-20)22-16-27-23(29-24(21)22)14-17-4-2-1-3-5-17/h1-5,15-16,18-20,26,30H,6-14H2. The summed E-state index contributed by atoms with van der Waals surface area (Å²) >= 11 is 0. The lowest BCUT2D eigenvalue weighted by Crippen LogP contribution is -2.34. The van der Waals surface area contributed by atoms with Gasteiger partial charge in [0, 0.05) is 24.4 Å². The highest BCUT2D eigenvalue weighted by Crippen LogP contribution is 2.37. The number of hydrogen-bond acceptors (Lipinski definition) is 6. The molecule has 2 aromatic heterocycles. The lowest BCUT2D eigenvalue weighted by Gasteiger charge is -2.27. The number of benzene rings is 1. The van der Waals surface area contributed by atoms with Crippen LogP contribution in [-0.2, 0) is 6.42 Å². The second-order valence-corrected chi connectivity index (χ2v) is 8.80. The van der Waals surface area contributed by atoms with E-state index in [2.05, 4.69) is 22.4 Å².